The number of primary sulfonamides is 1. The number of hydrogen-bond donors (Lipinski definition) is 3. The first-order valence-electron chi connectivity index (χ1n) is 5.91. The van der Waals surface area contributed by atoms with Crippen LogP contribution in [-0.2, 0) is 20.6 Å². The number of nitrogens with one attached hydrogen (secondary N) is 1. The van der Waals surface area contributed by atoms with Gasteiger partial charge in [-0.1, -0.05) is 12.1 Å². The van der Waals surface area contributed by atoms with Crippen LogP contribution in [0.3, 0.4) is 0 Å². The largest absolute Gasteiger partial charge is 0.328 e. The van der Waals surface area contributed by atoms with E-state index in [0.29, 0.717) is 24.1 Å². The Labute approximate surface area is 113 Å². The minimum Gasteiger partial charge on any atom is -0.328 e. The number of hydrogen-bond acceptors (Lipinski definition) is 4. The highest BCUT2D eigenvalue weighted by atomic mass is 32.2. The highest BCUT2D eigenvalue weighted by Crippen LogP contribution is 2.12. The lowest BCUT2D eigenvalue weighted by Crippen LogP contribution is -2.19. The van der Waals surface area contributed by atoms with Crippen molar-refractivity contribution in [2.45, 2.75) is 31.6 Å². The molecule has 106 valence electrons. The summed E-state index contributed by atoms with van der Waals surface area (Å²) >= 11 is 0. The van der Waals surface area contributed by atoms with Gasteiger partial charge in [-0.15, -0.1) is 0 Å². The van der Waals surface area contributed by atoms with Crippen molar-refractivity contribution < 1.29 is 13.2 Å². The highest BCUT2D eigenvalue weighted by Gasteiger charge is 2.06. The van der Waals surface area contributed by atoms with Crippen molar-refractivity contribution in [2.75, 3.05) is 5.32 Å². The molecule has 0 aromatic heterocycles. The van der Waals surface area contributed by atoms with Gasteiger partial charge in [0.2, 0.25) is 15.9 Å². The Morgan fingerprint density at radius 3 is 2.37 bits per heavy atom. The summed E-state index contributed by atoms with van der Waals surface area (Å²) in [6.45, 7) is 1.84. The van der Waals surface area contributed by atoms with Crippen molar-refractivity contribution in [3.8, 4) is 0 Å². The molecule has 5 N–H and O–H groups in total. The molecule has 0 saturated heterocycles. The first kappa shape index (κ1) is 15.6. The van der Waals surface area contributed by atoms with E-state index in [1.165, 1.54) is 0 Å². The van der Waals surface area contributed by atoms with Gasteiger partial charge in [0.05, 0.1) is 5.75 Å². The van der Waals surface area contributed by atoms with E-state index in [4.69, 9.17) is 10.9 Å². The Morgan fingerprint density at radius 2 is 1.89 bits per heavy atom. The molecule has 19 heavy (non-hydrogen) atoms. The molecule has 0 radical (unpaired) electrons. The molecular weight excluding hydrogens is 266 g/mol. The van der Waals surface area contributed by atoms with E-state index in [1.807, 2.05) is 6.92 Å². The summed E-state index contributed by atoms with van der Waals surface area (Å²) in [5, 5.41) is 7.66. The maximum absolute atomic E-state index is 11.5. The normalized spacial score (nSPS) is 13.0. The predicted octanol–water partition coefficient (Wildman–Crippen LogP) is 0.541. The molecule has 0 bridgehead atoms. The Kier molecular flexibility index (Phi) is 5.46. The Morgan fingerprint density at radius 1 is 1.32 bits per heavy atom. The fourth-order valence-corrected chi connectivity index (χ4v) is 2.16. The Hall–Kier alpha value is -1.44. The summed E-state index contributed by atoms with van der Waals surface area (Å²) in [6, 6.07) is 6.51. The molecule has 0 heterocycles. The number of anilines is 1. The molecule has 6 nitrogen and oxygen atoms in total. The van der Waals surface area contributed by atoms with Crippen LogP contribution in [-0.4, -0.2) is 20.4 Å². The number of carbonyl (C=O) groups is 1. The summed E-state index contributed by atoms with van der Waals surface area (Å²) in [7, 11) is -3.53. The fourth-order valence-electron chi connectivity index (χ4n) is 1.50. The highest BCUT2D eigenvalue weighted by molar-refractivity contribution is 7.88. The monoisotopic (exact) mass is 285 g/mol. The van der Waals surface area contributed by atoms with Crippen molar-refractivity contribution in [1.82, 2.24) is 0 Å². The van der Waals surface area contributed by atoms with Crippen LogP contribution in [0, 0.1) is 0 Å². The van der Waals surface area contributed by atoms with Crippen LogP contribution in [0.5, 0.6) is 0 Å². The van der Waals surface area contributed by atoms with Gasteiger partial charge in [-0.2, -0.15) is 0 Å². The summed E-state index contributed by atoms with van der Waals surface area (Å²) in [5.74, 6) is -0.331. The summed E-state index contributed by atoms with van der Waals surface area (Å²) in [4.78, 5) is 11.5. The maximum atomic E-state index is 11.5. The zero-order chi connectivity index (χ0) is 14.5. The van der Waals surface area contributed by atoms with Gasteiger partial charge < -0.3 is 11.1 Å². The molecule has 1 rings (SSSR count). The van der Waals surface area contributed by atoms with Crippen molar-refractivity contribution in [3.63, 3.8) is 0 Å². The topological polar surface area (TPSA) is 115 Å². The van der Waals surface area contributed by atoms with Gasteiger partial charge in [-0.25, -0.2) is 13.6 Å². The first-order valence-corrected chi connectivity index (χ1v) is 7.62. The van der Waals surface area contributed by atoms with Crippen LogP contribution >= 0.6 is 0 Å². The van der Waals surface area contributed by atoms with Crippen molar-refractivity contribution in [2.24, 2.45) is 10.9 Å². The number of nitrogens with two attached hydrogens (primary N) is 2. The second kappa shape index (κ2) is 6.65. The van der Waals surface area contributed by atoms with Crippen LogP contribution in [0.25, 0.3) is 0 Å². The van der Waals surface area contributed by atoms with E-state index in [0.717, 1.165) is 0 Å². The van der Waals surface area contributed by atoms with Gasteiger partial charge in [0, 0.05) is 18.2 Å². The molecule has 1 aromatic rings. The van der Waals surface area contributed by atoms with E-state index in [1.54, 1.807) is 24.3 Å². The standard InChI is InChI=1S/C12H19N3O3S/c1-9(13)2-7-12(16)15-11-5-3-10(4-6-11)8-19(14,17)18/h3-6,9H,2,7-8,13H2,1H3,(H,15,16)(H2,14,17,18). The fraction of sp³-hybridized carbons (Fsp3) is 0.417. The van der Waals surface area contributed by atoms with E-state index in [9.17, 15) is 13.2 Å². The van der Waals surface area contributed by atoms with Crippen molar-refractivity contribution in [3.05, 3.63) is 29.8 Å². The minimum atomic E-state index is -3.53. The molecule has 0 fully saturated rings. The van der Waals surface area contributed by atoms with Crippen LogP contribution in [0.4, 0.5) is 5.69 Å². The molecule has 1 amide bonds. The van der Waals surface area contributed by atoms with Gasteiger partial charge >= 0.3 is 0 Å². The number of carbonyl (C=O) groups excluding carboxylic acids is 1. The second-order valence-electron chi connectivity index (χ2n) is 4.57. The number of amides is 1. The summed E-state index contributed by atoms with van der Waals surface area (Å²) in [5.41, 5.74) is 6.76. The van der Waals surface area contributed by atoms with Crippen LogP contribution < -0.4 is 16.2 Å². The van der Waals surface area contributed by atoms with E-state index < -0.39 is 10.0 Å². The second-order valence-corrected chi connectivity index (χ2v) is 6.18. The van der Waals surface area contributed by atoms with Gasteiger partial charge in [0.15, 0.2) is 0 Å². The average molecular weight is 285 g/mol. The lowest BCUT2D eigenvalue weighted by Gasteiger charge is -2.07. The third-order valence-electron chi connectivity index (χ3n) is 2.43. The first-order chi connectivity index (χ1) is 8.76. The zero-order valence-electron chi connectivity index (χ0n) is 10.8. The van der Waals surface area contributed by atoms with E-state index in [2.05, 4.69) is 5.32 Å². The van der Waals surface area contributed by atoms with Gasteiger partial charge in [-0.3, -0.25) is 4.79 Å². The van der Waals surface area contributed by atoms with Gasteiger partial charge in [-0.05, 0) is 31.0 Å². The third-order valence-corrected chi connectivity index (χ3v) is 3.17. The van der Waals surface area contributed by atoms with E-state index >= 15 is 0 Å². The lowest BCUT2D eigenvalue weighted by atomic mass is 10.2. The zero-order valence-corrected chi connectivity index (χ0v) is 11.6. The molecule has 0 saturated carbocycles. The summed E-state index contributed by atoms with van der Waals surface area (Å²) < 4.78 is 21.8. The summed E-state index contributed by atoms with van der Waals surface area (Å²) in [6.07, 6.45) is 0.978. The van der Waals surface area contributed by atoms with Gasteiger partial charge in [0.1, 0.15) is 0 Å². The quantitative estimate of drug-likeness (QED) is 0.707. The lowest BCUT2D eigenvalue weighted by molar-refractivity contribution is -0.116. The minimum absolute atomic E-state index is 0.0112. The van der Waals surface area contributed by atoms with Crippen molar-refractivity contribution >= 4 is 21.6 Å². The molecule has 1 atom stereocenters. The Bertz CT molecular complexity index is 524. The Balaban J connectivity index is 2.55. The molecule has 7 heteroatoms. The maximum Gasteiger partial charge on any atom is 0.224 e. The van der Waals surface area contributed by atoms with Crippen molar-refractivity contribution in [1.29, 1.82) is 0 Å². The number of sulfonamides is 1. The smallest absolute Gasteiger partial charge is 0.224 e. The van der Waals surface area contributed by atoms with E-state index in [-0.39, 0.29) is 17.7 Å². The molecular formula is C12H19N3O3S. The molecule has 0 spiro atoms. The third kappa shape index (κ3) is 6.90. The molecule has 1 unspecified atom stereocenters. The molecule has 0 aliphatic rings. The predicted molar refractivity (Wildman–Crippen MR) is 74.8 cm³/mol. The van der Waals surface area contributed by atoms with Crippen LogP contribution in [0.1, 0.15) is 25.3 Å². The number of benzene rings is 1. The molecule has 0 aliphatic heterocycles. The molecule has 0 aliphatic carbocycles. The number of rotatable bonds is 6. The average Bonchev–Trinajstić information content (AvgIpc) is 2.27. The SMILES string of the molecule is CC(N)CCC(=O)Nc1ccc(CS(N)(=O)=O)cc1. The van der Waals surface area contributed by atoms with Gasteiger partial charge in [0.25, 0.3) is 0 Å². The molecule has 1 aromatic carbocycles. The van der Waals surface area contributed by atoms with Crippen LogP contribution in [0.2, 0.25) is 0 Å². The van der Waals surface area contributed by atoms with Crippen LogP contribution in [0.15, 0.2) is 24.3 Å².